The maximum Gasteiger partial charge on any atom is 0.286 e. The minimum absolute atomic E-state index is 0.0162. The van der Waals surface area contributed by atoms with Crippen molar-refractivity contribution in [2.75, 3.05) is 26.0 Å². The number of amides is 2. The zero-order valence-electron chi connectivity index (χ0n) is 15.2. The Balaban J connectivity index is 2.25. The molecule has 9 heteroatoms. The number of sulfonamides is 1. The van der Waals surface area contributed by atoms with Gasteiger partial charge in [0.25, 0.3) is 11.1 Å². The summed E-state index contributed by atoms with van der Waals surface area (Å²) in [6.45, 7) is 1.93. The number of carbonyl (C=O) groups excluding carboxylic acids is 2. The molecule has 27 heavy (non-hydrogen) atoms. The Morgan fingerprint density at radius 3 is 2.44 bits per heavy atom. The smallest absolute Gasteiger partial charge is 0.286 e. The van der Waals surface area contributed by atoms with Gasteiger partial charge < -0.3 is 10.2 Å². The van der Waals surface area contributed by atoms with Crippen LogP contribution >= 0.6 is 11.8 Å². The molecule has 0 aliphatic carbocycles. The van der Waals surface area contributed by atoms with E-state index in [9.17, 15) is 18.0 Å². The second kappa shape index (κ2) is 9.03. The molecule has 0 bridgehead atoms. The summed E-state index contributed by atoms with van der Waals surface area (Å²) in [7, 11) is -0.366. The van der Waals surface area contributed by atoms with E-state index in [0.29, 0.717) is 10.6 Å². The van der Waals surface area contributed by atoms with Crippen LogP contribution in [0.25, 0.3) is 0 Å². The highest BCUT2D eigenvalue weighted by Gasteiger charge is 2.17. The van der Waals surface area contributed by atoms with Crippen molar-refractivity contribution in [1.29, 1.82) is 0 Å². The number of nitrogens with one attached hydrogen (secondary N) is 2. The monoisotopic (exact) mass is 407 g/mol. The van der Waals surface area contributed by atoms with Crippen molar-refractivity contribution in [3.8, 4) is 0 Å². The summed E-state index contributed by atoms with van der Waals surface area (Å²) >= 11 is 0.996. The van der Waals surface area contributed by atoms with Gasteiger partial charge in [0.1, 0.15) is 0 Å². The van der Waals surface area contributed by atoms with Gasteiger partial charge in [0.15, 0.2) is 0 Å². The van der Waals surface area contributed by atoms with Crippen molar-refractivity contribution < 1.29 is 18.0 Å². The maximum atomic E-state index is 12.6. The van der Waals surface area contributed by atoms with Gasteiger partial charge in [0.2, 0.25) is 10.0 Å². The van der Waals surface area contributed by atoms with E-state index >= 15 is 0 Å². The Morgan fingerprint density at radius 1 is 1.07 bits per heavy atom. The summed E-state index contributed by atoms with van der Waals surface area (Å²) in [6.07, 6.45) is 0. The Bertz CT molecular complexity index is 943. The molecule has 2 amide bonds. The highest BCUT2D eigenvalue weighted by molar-refractivity contribution is 8.13. The van der Waals surface area contributed by atoms with Gasteiger partial charge in [0, 0.05) is 31.1 Å². The van der Waals surface area contributed by atoms with Gasteiger partial charge >= 0.3 is 0 Å². The van der Waals surface area contributed by atoms with Crippen LogP contribution in [0.5, 0.6) is 0 Å². The average Bonchev–Trinajstić information content (AvgIpc) is 2.63. The third-order valence-electron chi connectivity index (χ3n) is 3.44. The van der Waals surface area contributed by atoms with Gasteiger partial charge in [-0.1, -0.05) is 25.1 Å². The van der Waals surface area contributed by atoms with Crippen LogP contribution < -0.4 is 10.0 Å². The Morgan fingerprint density at radius 2 is 1.78 bits per heavy atom. The molecule has 0 radical (unpaired) electrons. The molecule has 7 nitrogen and oxygen atoms in total. The third kappa shape index (κ3) is 5.56. The standard InChI is InChI=1S/C18H21N3O4S2/c1-4-19-27(24,25)14-9-7-8-13(12-14)17(22)20-15-10-5-6-11-16(15)26-18(23)21(2)3/h5-12,19H,4H2,1-3H3,(H,20,22). The van der Waals surface area contributed by atoms with Crippen molar-refractivity contribution in [2.24, 2.45) is 0 Å². The SMILES string of the molecule is CCNS(=O)(=O)c1cccc(C(=O)Nc2ccccc2SC(=O)N(C)C)c1. The summed E-state index contributed by atoms with van der Waals surface area (Å²) in [5.74, 6) is -0.464. The van der Waals surface area contributed by atoms with Crippen LogP contribution in [0.4, 0.5) is 10.5 Å². The molecular formula is C18H21N3O4S2. The molecule has 2 aromatic carbocycles. The van der Waals surface area contributed by atoms with E-state index in [-0.39, 0.29) is 22.2 Å². The lowest BCUT2D eigenvalue weighted by Crippen LogP contribution is -2.23. The van der Waals surface area contributed by atoms with E-state index in [2.05, 4.69) is 10.0 Å². The number of nitrogens with zero attached hydrogens (tertiary/aromatic N) is 1. The first-order valence-electron chi connectivity index (χ1n) is 8.14. The van der Waals surface area contributed by atoms with Crippen LogP contribution in [0.15, 0.2) is 58.3 Å². The lowest BCUT2D eigenvalue weighted by atomic mass is 10.2. The second-order valence-electron chi connectivity index (χ2n) is 5.74. The van der Waals surface area contributed by atoms with Gasteiger partial charge in [-0.05, 0) is 42.1 Å². The lowest BCUT2D eigenvalue weighted by Gasteiger charge is -2.13. The highest BCUT2D eigenvalue weighted by Crippen LogP contribution is 2.29. The summed E-state index contributed by atoms with van der Waals surface area (Å²) in [6, 6.07) is 12.7. The third-order valence-corrected chi connectivity index (χ3v) is 6.10. The zero-order chi connectivity index (χ0) is 20.0. The molecule has 0 atom stereocenters. The number of rotatable bonds is 6. The zero-order valence-corrected chi connectivity index (χ0v) is 16.9. The first-order chi connectivity index (χ1) is 12.7. The normalized spacial score (nSPS) is 11.1. The number of para-hydroxylation sites is 1. The van der Waals surface area contributed by atoms with Crippen LogP contribution in [0.1, 0.15) is 17.3 Å². The van der Waals surface area contributed by atoms with Gasteiger partial charge in [-0.3, -0.25) is 9.59 Å². The molecule has 0 aliphatic heterocycles. The van der Waals surface area contributed by atoms with E-state index < -0.39 is 15.9 Å². The molecule has 0 spiro atoms. The molecule has 2 N–H and O–H groups in total. The molecular weight excluding hydrogens is 386 g/mol. The van der Waals surface area contributed by atoms with E-state index in [1.54, 1.807) is 45.3 Å². The van der Waals surface area contributed by atoms with Crippen LogP contribution in [0, 0.1) is 0 Å². The van der Waals surface area contributed by atoms with Gasteiger partial charge in [-0.25, -0.2) is 13.1 Å². The van der Waals surface area contributed by atoms with Crippen molar-refractivity contribution in [1.82, 2.24) is 9.62 Å². The highest BCUT2D eigenvalue weighted by atomic mass is 32.2. The summed E-state index contributed by atoms with van der Waals surface area (Å²) < 4.78 is 26.6. The van der Waals surface area contributed by atoms with Crippen molar-refractivity contribution in [2.45, 2.75) is 16.7 Å². The van der Waals surface area contributed by atoms with Crippen molar-refractivity contribution in [3.05, 3.63) is 54.1 Å². The van der Waals surface area contributed by atoms with E-state index in [0.717, 1.165) is 11.8 Å². The maximum absolute atomic E-state index is 12.6. The van der Waals surface area contributed by atoms with Crippen molar-refractivity contribution in [3.63, 3.8) is 0 Å². The molecule has 0 aromatic heterocycles. The predicted molar refractivity (Wildman–Crippen MR) is 107 cm³/mol. The Hall–Kier alpha value is -2.36. The molecule has 0 heterocycles. The fraction of sp³-hybridized carbons (Fsp3) is 0.222. The van der Waals surface area contributed by atoms with Gasteiger partial charge in [0.05, 0.1) is 10.6 Å². The molecule has 2 aromatic rings. The number of benzene rings is 2. The Kier molecular flexibility index (Phi) is 7.00. The van der Waals surface area contributed by atoms with Crippen LogP contribution in [-0.4, -0.2) is 45.1 Å². The van der Waals surface area contributed by atoms with Crippen molar-refractivity contribution >= 4 is 38.6 Å². The summed E-state index contributed by atoms with van der Waals surface area (Å²) in [4.78, 5) is 26.6. The number of hydrogen-bond donors (Lipinski definition) is 2. The topological polar surface area (TPSA) is 95.6 Å². The predicted octanol–water partition coefficient (Wildman–Crippen LogP) is 3.01. The Labute approximate surface area is 163 Å². The van der Waals surface area contributed by atoms with E-state index in [1.165, 1.54) is 29.2 Å². The largest absolute Gasteiger partial charge is 0.339 e. The molecule has 0 aliphatic rings. The molecule has 144 valence electrons. The quantitative estimate of drug-likeness (QED) is 0.718. The number of hydrogen-bond acceptors (Lipinski definition) is 5. The minimum atomic E-state index is -3.66. The van der Waals surface area contributed by atoms with Gasteiger partial charge in [-0.2, -0.15) is 0 Å². The van der Waals surface area contributed by atoms with E-state index in [4.69, 9.17) is 0 Å². The number of anilines is 1. The molecule has 0 unspecified atom stereocenters. The average molecular weight is 408 g/mol. The van der Waals surface area contributed by atoms with E-state index in [1.807, 2.05) is 0 Å². The first kappa shape index (κ1) is 20.9. The molecule has 0 fully saturated rings. The number of carbonyl (C=O) groups is 2. The van der Waals surface area contributed by atoms with Crippen LogP contribution in [0.3, 0.4) is 0 Å². The fourth-order valence-electron chi connectivity index (χ4n) is 2.12. The van der Waals surface area contributed by atoms with Crippen LogP contribution in [0.2, 0.25) is 0 Å². The van der Waals surface area contributed by atoms with Crippen LogP contribution in [-0.2, 0) is 10.0 Å². The second-order valence-corrected chi connectivity index (χ2v) is 8.50. The summed E-state index contributed by atoms with van der Waals surface area (Å²) in [5.41, 5.74) is 0.676. The van der Waals surface area contributed by atoms with Gasteiger partial charge in [-0.15, -0.1) is 0 Å². The number of thioether (sulfide) groups is 1. The molecule has 0 saturated heterocycles. The summed E-state index contributed by atoms with van der Waals surface area (Å²) in [5, 5.41) is 2.57. The molecule has 0 saturated carbocycles. The minimum Gasteiger partial charge on any atom is -0.339 e. The first-order valence-corrected chi connectivity index (χ1v) is 10.4. The fourth-order valence-corrected chi connectivity index (χ4v) is 3.95. The molecule has 2 rings (SSSR count). The lowest BCUT2D eigenvalue weighted by molar-refractivity contribution is 0.102.